The SMILES string of the molecule is COc1ccc([C@@]23Oc4cc(OC)cc(OC)c4[C@]2(O)[C@@H](O)CC3c2ccccc2)cc1. The van der Waals surface area contributed by atoms with Gasteiger partial charge in [-0.2, -0.15) is 0 Å². The average molecular weight is 434 g/mol. The quantitative estimate of drug-likeness (QED) is 0.637. The van der Waals surface area contributed by atoms with E-state index in [2.05, 4.69) is 0 Å². The van der Waals surface area contributed by atoms with Crippen LogP contribution in [-0.4, -0.2) is 37.6 Å². The fourth-order valence-electron chi connectivity index (χ4n) is 5.42. The number of fused-ring (bicyclic) bond motifs is 3. The molecule has 1 fully saturated rings. The molecule has 166 valence electrons. The van der Waals surface area contributed by atoms with E-state index in [0.29, 0.717) is 35.0 Å². The number of hydrogen-bond donors (Lipinski definition) is 2. The van der Waals surface area contributed by atoms with E-state index in [4.69, 9.17) is 18.9 Å². The highest BCUT2D eigenvalue weighted by Crippen LogP contribution is 2.68. The van der Waals surface area contributed by atoms with Crippen molar-refractivity contribution < 1.29 is 29.2 Å². The van der Waals surface area contributed by atoms with Crippen LogP contribution in [0, 0.1) is 0 Å². The van der Waals surface area contributed by atoms with Gasteiger partial charge in [-0.1, -0.05) is 42.5 Å². The zero-order valence-corrected chi connectivity index (χ0v) is 18.2. The summed E-state index contributed by atoms with van der Waals surface area (Å²) in [4.78, 5) is 0. The Bertz CT molecular complexity index is 1130. The lowest BCUT2D eigenvalue weighted by molar-refractivity contribution is -0.150. The van der Waals surface area contributed by atoms with E-state index in [1.165, 1.54) is 7.11 Å². The highest BCUT2D eigenvalue weighted by atomic mass is 16.5. The molecule has 2 aliphatic rings. The van der Waals surface area contributed by atoms with Crippen LogP contribution in [0.5, 0.6) is 23.0 Å². The van der Waals surface area contributed by atoms with Crippen LogP contribution in [0.2, 0.25) is 0 Å². The van der Waals surface area contributed by atoms with Gasteiger partial charge in [0, 0.05) is 18.1 Å². The van der Waals surface area contributed by atoms with Crippen LogP contribution in [0.1, 0.15) is 29.0 Å². The van der Waals surface area contributed by atoms with Crippen molar-refractivity contribution in [2.45, 2.75) is 29.6 Å². The van der Waals surface area contributed by atoms with Gasteiger partial charge in [0.2, 0.25) is 0 Å². The molecule has 4 atom stereocenters. The summed E-state index contributed by atoms with van der Waals surface area (Å²) in [6, 6.07) is 20.7. The lowest BCUT2D eigenvalue weighted by Crippen LogP contribution is -2.52. The second-order valence-corrected chi connectivity index (χ2v) is 8.25. The summed E-state index contributed by atoms with van der Waals surface area (Å²) in [5, 5.41) is 23.7. The summed E-state index contributed by atoms with van der Waals surface area (Å²) >= 11 is 0. The maximum Gasteiger partial charge on any atom is 0.176 e. The standard InChI is InChI=1S/C26H26O6/c1-29-18-11-9-17(10-12-18)26-20(16-7-5-4-6-8-16)15-23(27)25(26,28)24-21(31-3)13-19(30-2)14-22(24)32-26/h4-14,20,23,27-28H,15H2,1-3H3/t20?,23-,25+,26-/m0/s1. The first-order valence-electron chi connectivity index (χ1n) is 10.5. The van der Waals surface area contributed by atoms with Crippen LogP contribution < -0.4 is 18.9 Å². The molecule has 3 aromatic carbocycles. The molecule has 0 saturated heterocycles. The van der Waals surface area contributed by atoms with Gasteiger partial charge < -0.3 is 29.2 Å². The molecule has 1 aliphatic carbocycles. The van der Waals surface area contributed by atoms with Gasteiger partial charge in [0.15, 0.2) is 11.2 Å². The first-order chi connectivity index (χ1) is 15.5. The Balaban J connectivity index is 1.80. The average Bonchev–Trinajstić information content (AvgIpc) is 3.24. The van der Waals surface area contributed by atoms with Gasteiger partial charge in [0.1, 0.15) is 23.0 Å². The predicted molar refractivity (Wildman–Crippen MR) is 119 cm³/mol. The fourth-order valence-corrected chi connectivity index (χ4v) is 5.42. The van der Waals surface area contributed by atoms with Gasteiger partial charge in [-0.25, -0.2) is 0 Å². The van der Waals surface area contributed by atoms with Gasteiger partial charge >= 0.3 is 0 Å². The molecular weight excluding hydrogens is 408 g/mol. The van der Waals surface area contributed by atoms with Crippen molar-refractivity contribution in [2.75, 3.05) is 21.3 Å². The van der Waals surface area contributed by atoms with E-state index >= 15 is 0 Å². The van der Waals surface area contributed by atoms with Crippen LogP contribution in [-0.2, 0) is 11.2 Å². The molecule has 1 aliphatic heterocycles. The lowest BCUT2D eigenvalue weighted by atomic mass is 9.71. The van der Waals surface area contributed by atoms with Crippen LogP contribution in [0.3, 0.4) is 0 Å². The fraction of sp³-hybridized carbons (Fsp3) is 0.308. The monoisotopic (exact) mass is 434 g/mol. The Morgan fingerprint density at radius 2 is 1.56 bits per heavy atom. The largest absolute Gasteiger partial charge is 0.497 e. The maximum absolute atomic E-state index is 12.4. The molecule has 1 heterocycles. The molecule has 0 bridgehead atoms. The van der Waals surface area contributed by atoms with E-state index in [1.54, 1.807) is 26.4 Å². The molecule has 5 rings (SSSR count). The molecule has 1 unspecified atom stereocenters. The number of methoxy groups -OCH3 is 3. The summed E-state index contributed by atoms with van der Waals surface area (Å²) in [5.74, 6) is 1.75. The highest BCUT2D eigenvalue weighted by Gasteiger charge is 2.73. The summed E-state index contributed by atoms with van der Waals surface area (Å²) in [6.45, 7) is 0. The van der Waals surface area contributed by atoms with Crippen molar-refractivity contribution in [1.29, 1.82) is 0 Å². The lowest BCUT2D eigenvalue weighted by Gasteiger charge is -2.40. The molecule has 1 saturated carbocycles. The van der Waals surface area contributed by atoms with Gasteiger partial charge in [-0.15, -0.1) is 0 Å². The summed E-state index contributed by atoms with van der Waals surface area (Å²) < 4.78 is 23.1. The summed E-state index contributed by atoms with van der Waals surface area (Å²) in [5.41, 5.74) is -0.875. The molecule has 2 N–H and O–H groups in total. The molecule has 0 spiro atoms. The number of hydrogen-bond acceptors (Lipinski definition) is 6. The number of benzene rings is 3. The van der Waals surface area contributed by atoms with Crippen LogP contribution in [0.25, 0.3) is 0 Å². The molecule has 6 heteroatoms. The Hall–Kier alpha value is -3.22. The first-order valence-corrected chi connectivity index (χ1v) is 10.5. The van der Waals surface area contributed by atoms with E-state index in [1.807, 2.05) is 54.6 Å². The van der Waals surface area contributed by atoms with Crippen LogP contribution >= 0.6 is 0 Å². The second-order valence-electron chi connectivity index (χ2n) is 8.25. The van der Waals surface area contributed by atoms with E-state index in [9.17, 15) is 10.2 Å². The van der Waals surface area contributed by atoms with Gasteiger partial charge in [-0.3, -0.25) is 0 Å². The summed E-state index contributed by atoms with van der Waals surface area (Å²) in [7, 11) is 4.70. The minimum absolute atomic E-state index is 0.319. The molecule has 0 radical (unpaired) electrons. The van der Waals surface area contributed by atoms with Crippen LogP contribution in [0.4, 0.5) is 0 Å². The minimum atomic E-state index is -1.74. The third-order valence-electron chi connectivity index (χ3n) is 6.87. The maximum atomic E-state index is 12.4. The molecule has 0 aromatic heterocycles. The predicted octanol–water partition coefficient (Wildman–Crippen LogP) is 3.74. The number of ether oxygens (including phenoxy) is 4. The summed E-state index contributed by atoms with van der Waals surface area (Å²) in [6.07, 6.45) is -0.764. The smallest absolute Gasteiger partial charge is 0.176 e. The number of aliphatic hydroxyl groups excluding tert-OH is 1. The van der Waals surface area contributed by atoms with Crippen molar-refractivity contribution in [2.24, 2.45) is 0 Å². The van der Waals surface area contributed by atoms with E-state index < -0.39 is 17.3 Å². The number of rotatable bonds is 5. The topological polar surface area (TPSA) is 77.4 Å². The number of aliphatic hydroxyl groups is 2. The van der Waals surface area contributed by atoms with Crippen molar-refractivity contribution in [1.82, 2.24) is 0 Å². The van der Waals surface area contributed by atoms with Crippen LogP contribution in [0.15, 0.2) is 66.7 Å². The molecule has 6 nitrogen and oxygen atoms in total. The highest BCUT2D eigenvalue weighted by molar-refractivity contribution is 5.62. The molecule has 0 amide bonds. The third-order valence-corrected chi connectivity index (χ3v) is 6.87. The molecule has 3 aromatic rings. The Morgan fingerprint density at radius 1 is 0.875 bits per heavy atom. The normalized spacial score (nSPS) is 27.9. The van der Waals surface area contributed by atoms with Crippen molar-refractivity contribution in [3.8, 4) is 23.0 Å². The van der Waals surface area contributed by atoms with Crippen molar-refractivity contribution in [3.63, 3.8) is 0 Å². The van der Waals surface area contributed by atoms with Crippen molar-refractivity contribution >= 4 is 0 Å². The minimum Gasteiger partial charge on any atom is -0.497 e. The van der Waals surface area contributed by atoms with Crippen molar-refractivity contribution in [3.05, 3.63) is 83.4 Å². The Kier molecular flexibility index (Phi) is 4.80. The van der Waals surface area contributed by atoms with E-state index in [0.717, 1.165) is 11.1 Å². The zero-order valence-electron chi connectivity index (χ0n) is 18.2. The second kappa shape index (κ2) is 7.43. The molecule has 32 heavy (non-hydrogen) atoms. The van der Waals surface area contributed by atoms with Gasteiger partial charge in [-0.05, 0) is 29.7 Å². The third kappa shape index (κ3) is 2.60. The van der Waals surface area contributed by atoms with E-state index in [-0.39, 0.29) is 5.92 Å². The Labute approximate surface area is 186 Å². The first kappa shape index (κ1) is 20.7. The van der Waals surface area contributed by atoms with Gasteiger partial charge in [0.05, 0.1) is 33.0 Å². The zero-order chi connectivity index (χ0) is 22.5. The van der Waals surface area contributed by atoms with Gasteiger partial charge in [0.25, 0.3) is 0 Å². The molecular formula is C26H26O6. The Morgan fingerprint density at radius 3 is 2.19 bits per heavy atom.